The van der Waals surface area contributed by atoms with E-state index < -0.39 is 5.60 Å². The van der Waals surface area contributed by atoms with Gasteiger partial charge < -0.3 is 10.1 Å². The highest BCUT2D eigenvalue weighted by Crippen LogP contribution is 2.21. The van der Waals surface area contributed by atoms with Crippen molar-refractivity contribution in [3.63, 3.8) is 0 Å². The number of aryl methyl sites for hydroxylation is 1. The van der Waals surface area contributed by atoms with Gasteiger partial charge in [-0.3, -0.25) is 4.79 Å². The van der Waals surface area contributed by atoms with Crippen molar-refractivity contribution in [1.29, 1.82) is 0 Å². The molecule has 0 aliphatic heterocycles. The van der Waals surface area contributed by atoms with Crippen LogP contribution in [-0.4, -0.2) is 23.8 Å². The fourth-order valence-corrected chi connectivity index (χ4v) is 3.22. The molecule has 25 heavy (non-hydrogen) atoms. The van der Waals surface area contributed by atoms with Crippen molar-refractivity contribution in [1.82, 2.24) is 5.32 Å². The number of hydrogen-bond acceptors (Lipinski definition) is 3. The van der Waals surface area contributed by atoms with E-state index >= 15 is 0 Å². The van der Waals surface area contributed by atoms with Crippen LogP contribution in [0.2, 0.25) is 5.02 Å². The van der Waals surface area contributed by atoms with Gasteiger partial charge in [-0.25, -0.2) is 0 Å². The van der Waals surface area contributed by atoms with E-state index in [9.17, 15) is 4.79 Å². The highest BCUT2D eigenvalue weighted by atomic mass is 35.5. The summed E-state index contributed by atoms with van der Waals surface area (Å²) in [5.74, 6) is 2.30. The maximum absolute atomic E-state index is 12.3. The van der Waals surface area contributed by atoms with E-state index in [1.165, 1.54) is 11.1 Å². The van der Waals surface area contributed by atoms with Crippen LogP contribution in [0, 0.1) is 6.92 Å². The predicted molar refractivity (Wildman–Crippen MR) is 107 cm³/mol. The van der Waals surface area contributed by atoms with Gasteiger partial charge in [0.15, 0.2) is 5.60 Å². The summed E-state index contributed by atoms with van der Waals surface area (Å²) in [5.41, 5.74) is 1.64. The van der Waals surface area contributed by atoms with Crippen LogP contribution in [0.5, 0.6) is 5.75 Å². The average molecular weight is 378 g/mol. The third kappa shape index (κ3) is 6.63. The zero-order valence-corrected chi connectivity index (χ0v) is 16.4. The van der Waals surface area contributed by atoms with Crippen molar-refractivity contribution in [2.75, 3.05) is 12.3 Å². The van der Waals surface area contributed by atoms with Gasteiger partial charge in [0.1, 0.15) is 5.75 Å². The topological polar surface area (TPSA) is 38.3 Å². The molecule has 0 bridgehead atoms. The van der Waals surface area contributed by atoms with Crippen molar-refractivity contribution in [3.05, 3.63) is 64.7 Å². The van der Waals surface area contributed by atoms with Crippen LogP contribution in [0.25, 0.3) is 0 Å². The highest BCUT2D eigenvalue weighted by Gasteiger charge is 2.29. The Hall–Kier alpha value is -1.65. The van der Waals surface area contributed by atoms with Crippen LogP contribution in [0.15, 0.2) is 48.5 Å². The summed E-state index contributed by atoms with van der Waals surface area (Å²) in [6.07, 6.45) is 0. The summed E-state index contributed by atoms with van der Waals surface area (Å²) < 4.78 is 5.78. The number of halogens is 1. The number of nitrogens with one attached hydrogen (secondary N) is 1. The minimum Gasteiger partial charge on any atom is -0.478 e. The van der Waals surface area contributed by atoms with E-state index in [2.05, 4.69) is 36.5 Å². The Morgan fingerprint density at radius 2 is 1.92 bits per heavy atom. The largest absolute Gasteiger partial charge is 0.478 e. The van der Waals surface area contributed by atoms with Crippen LogP contribution >= 0.6 is 23.4 Å². The van der Waals surface area contributed by atoms with Gasteiger partial charge in [0.2, 0.25) is 0 Å². The molecule has 1 N–H and O–H groups in total. The predicted octanol–water partition coefficient (Wildman–Crippen LogP) is 4.86. The van der Waals surface area contributed by atoms with Gasteiger partial charge in [0.05, 0.1) is 0 Å². The molecule has 0 heterocycles. The number of carbonyl (C=O) groups excluding carboxylic acids is 1. The number of benzene rings is 2. The lowest BCUT2D eigenvalue weighted by Crippen LogP contribution is -2.47. The third-order valence-electron chi connectivity index (χ3n) is 3.62. The lowest BCUT2D eigenvalue weighted by molar-refractivity contribution is -0.134. The van der Waals surface area contributed by atoms with Crippen LogP contribution in [-0.2, 0) is 10.5 Å². The second-order valence-electron chi connectivity index (χ2n) is 6.36. The van der Waals surface area contributed by atoms with Gasteiger partial charge in [-0.05, 0) is 50.6 Å². The molecule has 0 aromatic heterocycles. The van der Waals surface area contributed by atoms with E-state index in [0.717, 1.165) is 11.5 Å². The van der Waals surface area contributed by atoms with Crippen LogP contribution in [0.1, 0.15) is 25.0 Å². The Kier molecular flexibility index (Phi) is 7.21. The molecule has 2 aromatic carbocycles. The molecule has 0 unspecified atom stereocenters. The van der Waals surface area contributed by atoms with Crippen molar-refractivity contribution >= 4 is 29.3 Å². The number of rotatable bonds is 8. The summed E-state index contributed by atoms with van der Waals surface area (Å²) in [5, 5.41) is 3.58. The van der Waals surface area contributed by atoms with Crippen LogP contribution < -0.4 is 10.1 Å². The van der Waals surface area contributed by atoms with Crippen molar-refractivity contribution in [3.8, 4) is 5.75 Å². The molecule has 2 rings (SSSR count). The maximum atomic E-state index is 12.3. The van der Waals surface area contributed by atoms with Gasteiger partial charge in [-0.2, -0.15) is 11.8 Å². The zero-order valence-electron chi connectivity index (χ0n) is 14.8. The molecule has 0 radical (unpaired) electrons. The quantitative estimate of drug-likeness (QED) is 0.668. The van der Waals surface area contributed by atoms with E-state index in [1.807, 2.05) is 0 Å². The van der Waals surface area contributed by atoms with Crippen LogP contribution in [0.4, 0.5) is 0 Å². The molecule has 3 nitrogen and oxygen atoms in total. The molecule has 0 atom stereocenters. The minimum absolute atomic E-state index is 0.126. The number of amides is 1. The summed E-state index contributed by atoms with van der Waals surface area (Å²) in [7, 11) is 0. The van der Waals surface area contributed by atoms with Crippen molar-refractivity contribution < 1.29 is 9.53 Å². The van der Waals surface area contributed by atoms with Gasteiger partial charge in [0, 0.05) is 23.1 Å². The SMILES string of the molecule is Cc1cccc(CSCCNC(=O)C(C)(C)Oc2ccc(Cl)cc2)c1. The second-order valence-corrected chi connectivity index (χ2v) is 7.91. The molecular weight excluding hydrogens is 354 g/mol. The van der Waals surface area contributed by atoms with Gasteiger partial charge in [-0.15, -0.1) is 0 Å². The first-order valence-corrected chi connectivity index (χ1v) is 9.76. The van der Waals surface area contributed by atoms with Gasteiger partial charge in [-0.1, -0.05) is 41.4 Å². The summed E-state index contributed by atoms with van der Waals surface area (Å²) >= 11 is 7.66. The standard InChI is InChI=1S/C20H24ClNO2S/c1-15-5-4-6-16(13-15)14-25-12-11-22-19(23)20(2,3)24-18-9-7-17(21)8-10-18/h4-10,13H,11-12,14H2,1-3H3,(H,22,23). The molecule has 0 aliphatic carbocycles. The molecule has 5 heteroatoms. The second kappa shape index (κ2) is 9.16. The molecule has 134 valence electrons. The fraction of sp³-hybridized carbons (Fsp3) is 0.350. The smallest absolute Gasteiger partial charge is 0.263 e. The summed E-state index contributed by atoms with van der Waals surface area (Å²) in [6.45, 7) is 6.23. The molecule has 0 saturated heterocycles. The van der Waals surface area contributed by atoms with Crippen molar-refractivity contribution in [2.24, 2.45) is 0 Å². The van der Waals surface area contributed by atoms with Gasteiger partial charge >= 0.3 is 0 Å². The molecule has 1 amide bonds. The molecular formula is C20H24ClNO2S. The lowest BCUT2D eigenvalue weighted by Gasteiger charge is -2.25. The Labute approximate surface area is 159 Å². The Morgan fingerprint density at radius 1 is 1.20 bits per heavy atom. The van der Waals surface area contributed by atoms with E-state index in [0.29, 0.717) is 17.3 Å². The van der Waals surface area contributed by atoms with Crippen LogP contribution in [0.3, 0.4) is 0 Å². The number of thioether (sulfide) groups is 1. The zero-order chi connectivity index (χ0) is 18.3. The molecule has 0 aliphatic rings. The first-order chi connectivity index (χ1) is 11.9. The number of ether oxygens (including phenoxy) is 1. The Bertz CT molecular complexity index is 701. The normalized spacial score (nSPS) is 11.2. The number of hydrogen-bond donors (Lipinski definition) is 1. The van der Waals surface area contributed by atoms with E-state index in [1.54, 1.807) is 49.9 Å². The molecule has 0 saturated carbocycles. The van der Waals surface area contributed by atoms with Crippen molar-refractivity contribution in [2.45, 2.75) is 32.1 Å². The molecule has 0 fully saturated rings. The first kappa shape index (κ1) is 19.7. The minimum atomic E-state index is -0.935. The Morgan fingerprint density at radius 3 is 2.60 bits per heavy atom. The fourth-order valence-electron chi connectivity index (χ4n) is 2.29. The molecule has 0 spiro atoms. The Balaban J connectivity index is 1.72. The summed E-state index contributed by atoms with van der Waals surface area (Å²) in [4.78, 5) is 12.3. The average Bonchev–Trinajstić information content (AvgIpc) is 2.56. The molecule has 2 aromatic rings. The monoisotopic (exact) mass is 377 g/mol. The maximum Gasteiger partial charge on any atom is 0.263 e. The summed E-state index contributed by atoms with van der Waals surface area (Å²) in [6, 6.07) is 15.5. The lowest BCUT2D eigenvalue weighted by atomic mass is 10.1. The van der Waals surface area contributed by atoms with Gasteiger partial charge in [0.25, 0.3) is 5.91 Å². The number of carbonyl (C=O) groups is 1. The van der Waals surface area contributed by atoms with E-state index in [4.69, 9.17) is 16.3 Å². The third-order valence-corrected chi connectivity index (χ3v) is 4.90. The van der Waals surface area contributed by atoms with E-state index in [-0.39, 0.29) is 5.91 Å². The highest BCUT2D eigenvalue weighted by molar-refractivity contribution is 7.98. The first-order valence-electron chi connectivity index (χ1n) is 8.23.